The highest BCUT2D eigenvalue weighted by atomic mass is 28.4. The molecular formula is C16H28O2Si. The number of hydrogen-bond donors (Lipinski definition) is 1. The van der Waals surface area contributed by atoms with E-state index < -0.39 is 8.32 Å². The van der Waals surface area contributed by atoms with Crippen LogP contribution in [0.25, 0.3) is 0 Å². The third-order valence-corrected chi connectivity index (χ3v) is 8.41. The number of aliphatic hydroxyl groups excluding tert-OH is 1. The second-order valence-corrected chi connectivity index (χ2v) is 11.7. The van der Waals surface area contributed by atoms with Crippen molar-refractivity contribution in [3.8, 4) is 0 Å². The number of aliphatic hydroxyl groups is 1. The van der Waals surface area contributed by atoms with E-state index in [-0.39, 0.29) is 11.1 Å². The maximum atomic E-state index is 9.44. The topological polar surface area (TPSA) is 29.5 Å². The van der Waals surface area contributed by atoms with Crippen molar-refractivity contribution in [3.05, 3.63) is 35.4 Å². The average molecular weight is 280 g/mol. The van der Waals surface area contributed by atoms with Crippen molar-refractivity contribution in [1.82, 2.24) is 0 Å². The molecule has 0 aromatic heterocycles. The number of rotatable bonds is 5. The zero-order chi connectivity index (χ0) is 14.7. The quantitative estimate of drug-likeness (QED) is 0.822. The molecule has 0 radical (unpaired) electrons. The van der Waals surface area contributed by atoms with Crippen molar-refractivity contribution in [3.63, 3.8) is 0 Å². The van der Waals surface area contributed by atoms with Gasteiger partial charge in [0.15, 0.2) is 8.32 Å². The van der Waals surface area contributed by atoms with Gasteiger partial charge < -0.3 is 9.53 Å². The molecule has 0 fully saturated rings. The molecule has 0 saturated carbocycles. The summed E-state index contributed by atoms with van der Waals surface area (Å²) in [7, 11) is -1.69. The van der Waals surface area contributed by atoms with Crippen LogP contribution in [0.15, 0.2) is 24.3 Å². The molecule has 108 valence electrons. The monoisotopic (exact) mass is 280 g/mol. The van der Waals surface area contributed by atoms with E-state index in [1.54, 1.807) is 0 Å². The Morgan fingerprint density at radius 3 is 2.32 bits per heavy atom. The molecule has 1 aromatic carbocycles. The van der Waals surface area contributed by atoms with Gasteiger partial charge in [-0.25, -0.2) is 0 Å². The lowest BCUT2D eigenvalue weighted by Gasteiger charge is -2.36. The van der Waals surface area contributed by atoms with Gasteiger partial charge in [0.25, 0.3) is 0 Å². The highest BCUT2D eigenvalue weighted by molar-refractivity contribution is 6.74. The Bertz CT molecular complexity index is 405. The zero-order valence-electron chi connectivity index (χ0n) is 13.2. The molecule has 1 aromatic rings. The predicted molar refractivity (Wildman–Crippen MR) is 83.8 cm³/mol. The van der Waals surface area contributed by atoms with Crippen LogP contribution in [0.2, 0.25) is 18.1 Å². The minimum absolute atomic E-state index is 0.240. The Balaban J connectivity index is 2.68. The second kappa shape index (κ2) is 6.20. The van der Waals surface area contributed by atoms with Crippen LogP contribution in [0.3, 0.4) is 0 Å². The molecule has 0 aliphatic rings. The zero-order valence-corrected chi connectivity index (χ0v) is 14.2. The fourth-order valence-corrected chi connectivity index (χ4v) is 2.63. The second-order valence-electron chi connectivity index (χ2n) is 6.92. The molecule has 0 aliphatic heterocycles. The molecular weight excluding hydrogens is 252 g/mol. The van der Waals surface area contributed by atoms with E-state index in [4.69, 9.17) is 4.43 Å². The first-order chi connectivity index (χ1) is 8.62. The smallest absolute Gasteiger partial charge is 0.192 e. The summed E-state index contributed by atoms with van der Waals surface area (Å²) in [5.41, 5.74) is 2.37. The molecule has 0 aliphatic carbocycles. The average Bonchev–Trinajstić information content (AvgIpc) is 2.24. The van der Waals surface area contributed by atoms with E-state index in [1.165, 1.54) is 11.1 Å². The van der Waals surface area contributed by atoms with Crippen molar-refractivity contribution in [2.24, 2.45) is 0 Å². The molecule has 0 spiro atoms. The summed E-state index contributed by atoms with van der Waals surface area (Å²) < 4.78 is 6.22. The minimum Gasteiger partial charge on any atom is -0.413 e. The van der Waals surface area contributed by atoms with Crippen LogP contribution in [0.5, 0.6) is 0 Å². The van der Waals surface area contributed by atoms with E-state index in [2.05, 4.69) is 52.1 Å². The Kier molecular flexibility index (Phi) is 5.36. The Labute approximate surface area is 118 Å². The lowest BCUT2D eigenvalue weighted by molar-refractivity contribution is 0.195. The molecule has 0 bridgehead atoms. The maximum Gasteiger partial charge on any atom is 0.192 e. The van der Waals surface area contributed by atoms with Crippen LogP contribution >= 0.6 is 0 Å². The molecule has 19 heavy (non-hydrogen) atoms. The van der Waals surface area contributed by atoms with E-state index in [9.17, 15) is 5.11 Å². The van der Waals surface area contributed by atoms with Gasteiger partial charge in [0, 0.05) is 0 Å². The predicted octanol–water partition coefficient (Wildman–Crippen LogP) is 4.13. The highest BCUT2D eigenvalue weighted by Gasteiger charge is 2.36. The SMILES string of the molecule is CC(O)Cc1cccc(CO[Si](C)(C)C(C)(C)C)c1. The lowest BCUT2D eigenvalue weighted by atomic mass is 10.1. The van der Waals surface area contributed by atoms with Gasteiger partial charge in [-0.2, -0.15) is 0 Å². The first-order valence-electron chi connectivity index (χ1n) is 7.02. The fourth-order valence-electron chi connectivity index (χ4n) is 1.67. The summed E-state index contributed by atoms with van der Waals surface area (Å²) >= 11 is 0. The van der Waals surface area contributed by atoms with Crippen LogP contribution in [0.1, 0.15) is 38.8 Å². The molecule has 3 heteroatoms. The van der Waals surface area contributed by atoms with Gasteiger partial charge in [0.2, 0.25) is 0 Å². The Hall–Kier alpha value is -0.643. The van der Waals surface area contributed by atoms with Gasteiger partial charge in [-0.3, -0.25) is 0 Å². The lowest BCUT2D eigenvalue weighted by Crippen LogP contribution is -2.40. The van der Waals surface area contributed by atoms with Crippen LogP contribution in [0, 0.1) is 0 Å². The fraction of sp³-hybridized carbons (Fsp3) is 0.625. The van der Waals surface area contributed by atoms with Crippen molar-refractivity contribution in [2.75, 3.05) is 0 Å². The van der Waals surface area contributed by atoms with E-state index in [0.29, 0.717) is 13.0 Å². The van der Waals surface area contributed by atoms with Crippen molar-refractivity contribution >= 4 is 8.32 Å². The van der Waals surface area contributed by atoms with Crippen molar-refractivity contribution in [1.29, 1.82) is 0 Å². The normalized spacial score (nSPS) is 14.5. The van der Waals surface area contributed by atoms with Crippen molar-refractivity contribution < 1.29 is 9.53 Å². The van der Waals surface area contributed by atoms with Crippen LogP contribution in [0.4, 0.5) is 0 Å². The maximum absolute atomic E-state index is 9.44. The van der Waals surface area contributed by atoms with Gasteiger partial charge >= 0.3 is 0 Å². The molecule has 1 N–H and O–H groups in total. The Morgan fingerprint density at radius 1 is 1.21 bits per heavy atom. The first-order valence-corrected chi connectivity index (χ1v) is 9.92. The van der Waals surface area contributed by atoms with Crippen LogP contribution in [-0.2, 0) is 17.5 Å². The Morgan fingerprint density at radius 2 is 1.79 bits per heavy atom. The molecule has 1 atom stereocenters. The van der Waals surface area contributed by atoms with E-state index >= 15 is 0 Å². The largest absolute Gasteiger partial charge is 0.413 e. The van der Waals surface area contributed by atoms with Gasteiger partial charge in [-0.15, -0.1) is 0 Å². The molecule has 2 nitrogen and oxygen atoms in total. The van der Waals surface area contributed by atoms with Gasteiger partial charge in [0.05, 0.1) is 12.7 Å². The molecule has 0 heterocycles. The summed E-state index contributed by atoms with van der Waals surface area (Å²) in [5, 5.41) is 9.68. The third kappa shape index (κ3) is 5.09. The van der Waals surface area contributed by atoms with Crippen molar-refractivity contribution in [2.45, 2.75) is 65.0 Å². The summed E-state index contributed by atoms with van der Waals surface area (Å²) in [4.78, 5) is 0. The molecule has 0 amide bonds. The summed E-state index contributed by atoms with van der Waals surface area (Å²) in [6.07, 6.45) is 0.407. The summed E-state index contributed by atoms with van der Waals surface area (Å²) in [5.74, 6) is 0. The highest BCUT2D eigenvalue weighted by Crippen LogP contribution is 2.37. The minimum atomic E-state index is -1.69. The van der Waals surface area contributed by atoms with Crippen LogP contribution in [-0.4, -0.2) is 19.5 Å². The first kappa shape index (κ1) is 16.4. The molecule has 0 saturated heterocycles. The summed E-state index contributed by atoms with van der Waals surface area (Å²) in [6, 6.07) is 8.34. The number of hydrogen-bond acceptors (Lipinski definition) is 2. The third-order valence-electron chi connectivity index (χ3n) is 3.93. The summed E-state index contributed by atoms with van der Waals surface area (Å²) in [6.45, 7) is 13.8. The van der Waals surface area contributed by atoms with Gasteiger partial charge in [-0.05, 0) is 42.6 Å². The van der Waals surface area contributed by atoms with Gasteiger partial charge in [0.1, 0.15) is 0 Å². The van der Waals surface area contributed by atoms with E-state index in [0.717, 1.165) is 0 Å². The molecule has 1 unspecified atom stereocenters. The molecule has 1 rings (SSSR count). The number of benzene rings is 1. The standard InChI is InChI=1S/C16H28O2Si/c1-13(17)10-14-8-7-9-15(11-14)12-18-19(5,6)16(2,3)4/h7-9,11,13,17H,10,12H2,1-6H3. The van der Waals surface area contributed by atoms with Gasteiger partial charge in [-0.1, -0.05) is 45.0 Å². The van der Waals surface area contributed by atoms with Crippen LogP contribution < -0.4 is 0 Å². The van der Waals surface area contributed by atoms with E-state index in [1.807, 2.05) is 13.0 Å².